The van der Waals surface area contributed by atoms with Crippen molar-refractivity contribution in [3.63, 3.8) is 0 Å². The number of carbonyl (C=O) groups is 2. The van der Waals surface area contributed by atoms with Crippen LogP contribution in [-0.2, 0) is 22.4 Å². The number of fused-ring (bicyclic) bond motifs is 2. The van der Waals surface area contributed by atoms with Crippen LogP contribution in [0.25, 0.3) is 16.7 Å². The van der Waals surface area contributed by atoms with Crippen molar-refractivity contribution in [1.29, 1.82) is 0 Å². The number of nitrogens with one attached hydrogen (secondary N) is 2. The first-order valence-corrected chi connectivity index (χ1v) is 13.4. The van der Waals surface area contributed by atoms with E-state index in [1.54, 1.807) is 18.5 Å². The SMILES string of the molecule is CCOC(=O)c1c(NC(=O)[C@H](C)Sc2nc3c(cnn3-c3ccc(C)cc3)c(=O)[nH]2)sc2c1CCC2. The first kappa shape index (κ1) is 24.3. The topological polar surface area (TPSA) is 119 Å². The second kappa shape index (κ2) is 9.90. The Hall–Kier alpha value is -3.44. The molecular weight excluding hydrogens is 498 g/mol. The minimum Gasteiger partial charge on any atom is -0.462 e. The number of esters is 1. The first-order chi connectivity index (χ1) is 17.4. The van der Waals surface area contributed by atoms with Gasteiger partial charge in [-0.1, -0.05) is 29.5 Å². The number of anilines is 1. The van der Waals surface area contributed by atoms with Gasteiger partial charge in [-0.15, -0.1) is 11.3 Å². The number of thioether (sulfide) groups is 1. The van der Waals surface area contributed by atoms with E-state index in [9.17, 15) is 14.4 Å². The highest BCUT2D eigenvalue weighted by Crippen LogP contribution is 2.40. The molecule has 5 rings (SSSR count). The Kier molecular flexibility index (Phi) is 6.67. The first-order valence-electron chi connectivity index (χ1n) is 11.7. The number of H-pyrrole nitrogens is 1. The third kappa shape index (κ3) is 4.56. The number of aryl methyl sites for hydroxylation is 2. The van der Waals surface area contributed by atoms with Crippen LogP contribution in [0.4, 0.5) is 5.00 Å². The molecule has 1 aromatic carbocycles. The number of thiophene rings is 1. The molecule has 186 valence electrons. The Bertz CT molecular complexity index is 1520. The van der Waals surface area contributed by atoms with Crippen LogP contribution in [0.2, 0.25) is 0 Å². The molecule has 0 fully saturated rings. The van der Waals surface area contributed by atoms with Crippen molar-refractivity contribution in [1.82, 2.24) is 19.7 Å². The lowest BCUT2D eigenvalue weighted by atomic mass is 10.1. The molecule has 0 aliphatic heterocycles. The van der Waals surface area contributed by atoms with E-state index in [1.165, 1.54) is 17.5 Å². The summed E-state index contributed by atoms with van der Waals surface area (Å²) in [6.45, 7) is 5.75. The number of rotatable bonds is 7. The summed E-state index contributed by atoms with van der Waals surface area (Å²) in [7, 11) is 0. The minimum absolute atomic E-state index is 0.268. The van der Waals surface area contributed by atoms with Crippen molar-refractivity contribution in [2.24, 2.45) is 0 Å². The summed E-state index contributed by atoms with van der Waals surface area (Å²) in [6.07, 6.45) is 4.18. The average Bonchev–Trinajstić information content (AvgIpc) is 3.54. The second-order valence-electron chi connectivity index (χ2n) is 8.53. The molecule has 0 saturated heterocycles. The average molecular weight is 524 g/mol. The van der Waals surface area contributed by atoms with E-state index in [1.807, 2.05) is 31.2 Å². The maximum atomic E-state index is 13.1. The van der Waals surface area contributed by atoms with Crippen LogP contribution < -0.4 is 10.9 Å². The van der Waals surface area contributed by atoms with E-state index in [-0.39, 0.29) is 18.1 Å². The van der Waals surface area contributed by atoms with Crippen molar-refractivity contribution >= 4 is 51.0 Å². The van der Waals surface area contributed by atoms with Crippen molar-refractivity contribution < 1.29 is 14.3 Å². The predicted octanol–water partition coefficient (Wildman–Crippen LogP) is 4.26. The summed E-state index contributed by atoms with van der Waals surface area (Å²) in [6, 6.07) is 7.74. The van der Waals surface area contributed by atoms with Crippen molar-refractivity contribution in [3.05, 3.63) is 62.4 Å². The molecule has 1 aliphatic carbocycles. The fraction of sp³-hybridized carbons (Fsp3) is 0.320. The standard InChI is InChI=1S/C25H25N5O4S2/c1-4-34-24(33)19-16-6-5-7-18(16)36-23(19)28-21(31)14(3)35-25-27-20-17(22(32)29-25)12-26-30(20)15-10-8-13(2)9-11-15/h8-12,14H,4-7H2,1-3H3,(H,28,31)(H,27,29,32)/t14-/m0/s1. The van der Waals surface area contributed by atoms with Crippen LogP contribution in [0.15, 0.2) is 40.4 Å². The predicted molar refractivity (Wildman–Crippen MR) is 140 cm³/mol. The zero-order chi connectivity index (χ0) is 25.4. The van der Waals surface area contributed by atoms with E-state index in [4.69, 9.17) is 4.74 Å². The summed E-state index contributed by atoms with van der Waals surface area (Å²) < 4.78 is 6.85. The number of carbonyl (C=O) groups excluding carboxylic acids is 2. The molecule has 0 bridgehead atoms. The highest BCUT2D eigenvalue weighted by Gasteiger charge is 2.29. The summed E-state index contributed by atoms with van der Waals surface area (Å²) in [4.78, 5) is 46.8. The zero-order valence-electron chi connectivity index (χ0n) is 20.1. The molecule has 3 aromatic heterocycles. The van der Waals surface area contributed by atoms with Crippen LogP contribution in [0, 0.1) is 6.92 Å². The quantitative estimate of drug-likeness (QED) is 0.211. The molecule has 4 aromatic rings. The highest BCUT2D eigenvalue weighted by molar-refractivity contribution is 8.00. The minimum atomic E-state index is -0.590. The van der Waals surface area contributed by atoms with Crippen LogP contribution in [0.1, 0.15) is 46.6 Å². The van der Waals surface area contributed by atoms with Crippen molar-refractivity contribution in [2.45, 2.75) is 50.4 Å². The smallest absolute Gasteiger partial charge is 0.341 e. The summed E-state index contributed by atoms with van der Waals surface area (Å²) in [5.41, 5.74) is 3.43. The number of aromatic amines is 1. The maximum Gasteiger partial charge on any atom is 0.341 e. The van der Waals surface area contributed by atoms with Crippen molar-refractivity contribution in [2.75, 3.05) is 11.9 Å². The molecule has 0 unspecified atom stereocenters. The molecule has 11 heteroatoms. The third-order valence-corrected chi connectivity index (χ3v) is 8.18. The highest BCUT2D eigenvalue weighted by atomic mass is 32.2. The molecule has 1 aliphatic rings. The molecule has 9 nitrogen and oxygen atoms in total. The van der Waals surface area contributed by atoms with Gasteiger partial charge in [-0.25, -0.2) is 14.5 Å². The Morgan fingerprint density at radius 1 is 1.28 bits per heavy atom. The summed E-state index contributed by atoms with van der Waals surface area (Å²) in [5, 5.41) is 7.85. The number of benzene rings is 1. The largest absolute Gasteiger partial charge is 0.462 e. The third-order valence-electron chi connectivity index (χ3n) is 5.99. The molecule has 1 amide bonds. The Morgan fingerprint density at radius 3 is 2.81 bits per heavy atom. The number of nitrogens with zero attached hydrogens (tertiary/aromatic N) is 3. The molecule has 3 heterocycles. The molecular formula is C25H25N5O4S2. The van der Waals surface area contributed by atoms with Gasteiger partial charge in [-0.3, -0.25) is 9.59 Å². The molecule has 0 radical (unpaired) electrons. The lowest BCUT2D eigenvalue weighted by molar-refractivity contribution is -0.115. The number of aromatic nitrogens is 4. The van der Waals surface area contributed by atoms with Gasteiger partial charge >= 0.3 is 5.97 Å². The lowest BCUT2D eigenvalue weighted by Crippen LogP contribution is -2.24. The fourth-order valence-electron chi connectivity index (χ4n) is 4.18. The van der Waals surface area contributed by atoms with Gasteiger partial charge < -0.3 is 15.0 Å². The van der Waals surface area contributed by atoms with Gasteiger partial charge in [0.2, 0.25) is 5.91 Å². The van der Waals surface area contributed by atoms with E-state index >= 15 is 0 Å². The molecule has 36 heavy (non-hydrogen) atoms. The van der Waals surface area contributed by atoms with Gasteiger partial charge in [0, 0.05) is 4.88 Å². The van der Waals surface area contributed by atoms with Crippen molar-refractivity contribution in [3.8, 4) is 5.69 Å². The van der Waals surface area contributed by atoms with Gasteiger partial charge in [0.1, 0.15) is 10.4 Å². The van der Waals surface area contributed by atoms with Crippen LogP contribution in [-0.4, -0.2) is 43.5 Å². The maximum absolute atomic E-state index is 13.1. The van der Waals surface area contributed by atoms with Gasteiger partial charge in [0.05, 0.1) is 29.3 Å². The number of ether oxygens (including phenoxy) is 1. The van der Waals surface area contributed by atoms with E-state index in [0.29, 0.717) is 26.8 Å². The van der Waals surface area contributed by atoms with Gasteiger partial charge in [-0.2, -0.15) is 5.10 Å². The normalized spacial score (nSPS) is 13.5. The Labute approximate surface area is 215 Å². The monoisotopic (exact) mass is 523 g/mol. The van der Waals surface area contributed by atoms with Crippen LogP contribution in [0.3, 0.4) is 0 Å². The number of hydrogen-bond donors (Lipinski definition) is 2. The number of hydrogen-bond acceptors (Lipinski definition) is 8. The number of amides is 1. The molecule has 1 atom stereocenters. The van der Waals surface area contributed by atoms with E-state index in [0.717, 1.165) is 52.7 Å². The van der Waals surface area contributed by atoms with Crippen LogP contribution in [0.5, 0.6) is 0 Å². The zero-order valence-corrected chi connectivity index (χ0v) is 21.7. The molecule has 0 spiro atoms. The van der Waals surface area contributed by atoms with Gasteiger partial charge in [-0.05, 0) is 57.7 Å². The second-order valence-corrected chi connectivity index (χ2v) is 11.0. The summed E-state index contributed by atoms with van der Waals surface area (Å²) >= 11 is 2.57. The summed E-state index contributed by atoms with van der Waals surface area (Å²) in [5.74, 6) is -0.700. The Morgan fingerprint density at radius 2 is 2.06 bits per heavy atom. The van der Waals surface area contributed by atoms with E-state index in [2.05, 4.69) is 20.4 Å². The molecule has 0 saturated carbocycles. The van der Waals surface area contributed by atoms with Gasteiger partial charge in [0.25, 0.3) is 5.56 Å². The van der Waals surface area contributed by atoms with Gasteiger partial charge in [0.15, 0.2) is 10.8 Å². The van der Waals surface area contributed by atoms with Crippen LogP contribution >= 0.6 is 23.1 Å². The molecule has 2 N–H and O–H groups in total. The fourth-order valence-corrected chi connectivity index (χ4v) is 6.25. The Balaban J connectivity index is 1.38. The van der Waals surface area contributed by atoms with E-state index < -0.39 is 11.2 Å². The lowest BCUT2D eigenvalue weighted by Gasteiger charge is -2.12.